The number of hydrogen-bond donors (Lipinski definition) is 2. The summed E-state index contributed by atoms with van der Waals surface area (Å²) in [4.78, 5) is 31.5. The van der Waals surface area contributed by atoms with E-state index >= 15 is 0 Å². The minimum atomic E-state index is -0.104. The third-order valence-corrected chi connectivity index (χ3v) is 5.91. The highest BCUT2D eigenvalue weighted by molar-refractivity contribution is 5.78. The summed E-state index contributed by atoms with van der Waals surface area (Å²) in [5, 5.41) is 3.38. The van der Waals surface area contributed by atoms with E-state index in [1.807, 2.05) is 11.0 Å². The van der Waals surface area contributed by atoms with Crippen molar-refractivity contribution in [1.29, 1.82) is 0 Å². The molecule has 0 unspecified atom stereocenters. The van der Waals surface area contributed by atoms with Crippen molar-refractivity contribution in [3.63, 3.8) is 0 Å². The average molecular weight is 361 g/mol. The van der Waals surface area contributed by atoms with Crippen LogP contribution < -0.4 is 10.9 Å². The summed E-state index contributed by atoms with van der Waals surface area (Å²) in [7, 11) is 0. The number of aromatic amines is 1. The van der Waals surface area contributed by atoms with Crippen LogP contribution >= 0.6 is 0 Å². The average Bonchev–Trinajstić information content (AvgIpc) is 2.68. The largest absolute Gasteiger partial charge is 0.334 e. The molecule has 2 aliphatic rings. The van der Waals surface area contributed by atoms with Gasteiger partial charge in [0, 0.05) is 24.8 Å². The van der Waals surface area contributed by atoms with Crippen molar-refractivity contribution in [2.75, 3.05) is 32.7 Å². The summed E-state index contributed by atoms with van der Waals surface area (Å²) in [5.74, 6) is 1.04. The number of hydrogen-bond acceptors (Lipinski definition) is 4. The van der Waals surface area contributed by atoms with E-state index < -0.39 is 0 Å². The van der Waals surface area contributed by atoms with Crippen molar-refractivity contribution in [2.45, 2.75) is 51.6 Å². The van der Waals surface area contributed by atoms with Crippen molar-refractivity contribution < 1.29 is 4.79 Å². The molecule has 0 atom stereocenters. The molecule has 0 bridgehead atoms. The fourth-order valence-corrected chi connectivity index (χ4v) is 4.11. The van der Waals surface area contributed by atoms with Crippen molar-refractivity contribution in [1.82, 2.24) is 20.1 Å². The second-order valence-corrected chi connectivity index (χ2v) is 7.69. The molecule has 0 spiro atoms. The molecule has 2 N–H and O–H groups in total. The number of H-pyrrole nitrogens is 1. The predicted molar refractivity (Wildman–Crippen MR) is 103 cm³/mol. The SMILES string of the molecule is CCC1CCN(CC(=O)N(Cc2ccc(=O)[nH]c2)C2CCNCC2)CC1. The van der Waals surface area contributed by atoms with Crippen LogP contribution in [0.1, 0.15) is 44.6 Å². The molecule has 2 fully saturated rings. The first kappa shape index (κ1) is 19.1. The van der Waals surface area contributed by atoms with Gasteiger partial charge in [-0.3, -0.25) is 14.5 Å². The second-order valence-electron chi connectivity index (χ2n) is 7.69. The van der Waals surface area contributed by atoms with Gasteiger partial charge < -0.3 is 15.2 Å². The molecule has 1 amide bonds. The number of nitrogens with zero attached hydrogens (tertiary/aromatic N) is 2. The predicted octanol–water partition coefficient (Wildman–Crippen LogP) is 1.58. The lowest BCUT2D eigenvalue weighted by molar-refractivity contribution is -0.136. The maximum Gasteiger partial charge on any atom is 0.247 e. The van der Waals surface area contributed by atoms with Gasteiger partial charge in [-0.15, -0.1) is 0 Å². The van der Waals surface area contributed by atoms with Crippen LogP contribution in [0.5, 0.6) is 0 Å². The van der Waals surface area contributed by atoms with E-state index in [1.54, 1.807) is 6.20 Å². The fourth-order valence-electron chi connectivity index (χ4n) is 4.11. The summed E-state index contributed by atoms with van der Waals surface area (Å²) < 4.78 is 0. The molecule has 1 aromatic rings. The highest BCUT2D eigenvalue weighted by Crippen LogP contribution is 2.21. The Labute approximate surface area is 156 Å². The Morgan fingerprint density at radius 1 is 1.19 bits per heavy atom. The first-order valence-electron chi connectivity index (χ1n) is 10.1. The maximum atomic E-state index is 13.1. The van der Waals surface area contributed by atoms with Gasteiger partial charge in [0.1, 0.15) is 0 Å². The summed E-state index contributed by atoms with van der Waals surface area (Å²) in [5.41, 5.74) is 0.883. The van der Waals surface area contributed by atoms with Gasteiger partial charge in [-0.05, 0) is 63.3 Å². The van der Waals surface area contributed by atoms with Crippen LogP contribution in [0.15, 0.2) is 23.1 Å². The molecule has 0 radical (unpaired) electrons. The summed E-state index contributed by atoms with van der Waals surface area (Å²) >= 11 is 0. The lowest BCUT2D eigenvalue weighted by Crippen LogP contribution is -2.50. The molecule has 2 aliphatic heterocycles. The molecule has 3 heterocycles. The van der Waals surface area contributed by atoms with E-state index in [2.05, 4.69) is 22.1 Å². The minimum absolute atomic E-state index is 0.104. The van der Waals surface area contributed by atoms with Gasteiger partial charge in [-0.25, -0.2) is 0 Å². The van der Waals surface area contributed by atoms with Crippen LogP contribution in [-0.4, -0.2) is 59.5 Å². The number of likely N-dealkylation sites (tertiary alicyclic amines) is 1. The van der Waals surface area contributed by atoms with Crippen LogP contribution in [0, 0.1) is 5.92 Å². The lowest BCUT2D eigenvalue weighted by atomic mass is 9.94. The Bertz CT molecular complexity index is 610. The van der Waals surface area contributed by atoms with Crippen LogP contribution in [-0.2, 0) is 11.3 Å². The van der Waals surface area contributed by atoms with Crippen LogP contribution in [0.3, 0.4) is 0 Å². The molecule has 6 heteroatoms. The van der Waals surface area contributed by atoms with Crippen LogP contribution in [0.4, 0.5) is 0 Å². The number of carbonyl (C=O) groups excluding carboxylic acids is 1. The van der Waals surface area contributed by atoms with Crippen molar-refractivity contribution in [2.24, 2.45) is 5.92 Å². The molecular formula is C20H32N4O2. The Balaban J connectivity index is 1.64. The molecule has 2 saturated heterocycles. The summed E-state index contributed by atoms with van der Waals surface area (Å²) in [6, 6.07) is 3.65. The first-order valence-corrected chi connectivity index (χ1v) is 10.1. The van der Waals surface area contributed by atoms with Gasteiger partial charge in [0.2, 0.25) is 11.5 Å². The van der Waals surface area contributed by atoms with E-state index in [9.17, 15) is 9.59 Å². The number of nitrogens with one attached hydrogen (secondary N) is 2. The zero-order valence-corrected chi connectivity index (χ0v) is 15.9. The van der Waals surface area contributed by atoms with E-state index in [4.69, 9.17) is 0 Å². The Hall–Kier alpha value is -1.66. The number of aromatic nitrogens is 1. The molecule has 26 heavy (non-hydrogen) atoms. The Kier molecular flexibility index (Phi) is 6.86. The van der Waals surface area contributed by atoms with E-state index in [-0.39, 0.29) is 17.5 Å². The molecule has 1 aromatic heterocycles. The normalized spacial score (nSPS) is 20.2. The Morgan fingerprint density at radius 2 is 1.92 bits per heavy atom. The van der Waals surface area contributed by atoms with E-state index in [0.29, 0.717) is 13.1 Å². The highest BCUT2D eigenvalue weighted by atomic mass is 16.2. The van der Waals surface area contributed by atoms with Crippen LogP contribution in [0.25, 0.3) is 0 Å². The van der Waals surface area contributed by atoms with Gasteiger partial charge in [0.05, 0.1) is 6.54 Å². The number of amides is 1. The van der Waals surface area contributed by atoms with E-state index in [0.717, 1.165) is 50.5 Å². The van der Waals surface area contributed by atoms with Gasteiger partial charge in [-0.2, -0.15) is 0 Å². The van der Waals surface area contributed by atoms with E-state index in [1.165, 1.54) is 25.3 Å². The monoisotopic (exact) mass is 360 g/mol. The quantitative estimate of drug-likeness (QED) is 0.808. The molecule has 6 nitrogen and oxygen atoms in total. The second kappa shape index (κ2) is 9.33. The Morgan fingerprint density at radius 3 is 2.54 bits per heavy atom. The molecule has 0 saturated carbocycles. The molecule has 0 aromatic carbocycles. The van der Waals surface area contributed by atoms with Crippen LogP contribution in [0.2, 0.25) is 0 Å². The molecule has 144 valence electrons. The number of carbonyl (C=O) groups is 1. The van der Waals surface area contributed by atoms with Crippen molar-refractivity contribution in [3.8, 4) is 0 Å². The topological polar surface area (TPSA) is 68.4 Å². The van der Waals surface area contributed by atoms with Gasteiger partial charge in [0.15, 0.2) is 0 Å². The maximum absolute atomic E-state index is 13.1. The summed E-state index contributed by atoms with van der Waals surface area (Å²) in [6.45, 7) is 7.33. The molecule has 0 aliphatic carbocycles. The van der Waals surface area contributed by atoms with Crippen molar-refractivity contribution in [3.05, 3.63) is 34.2 Å². The first-order chi connectivity index (χ1) is 12.7. The molecule has 3 rings (SSSR count). The van der Waals surface area contributed by atoms with Crippen molar-refractivity contribution >= 4 is 5.91 Å². The highest BCUT2D eigenvalue weighted by Gasteiger charge is 2.28. The van der Waals surface area contributed by atoms with Gasteiger partial charge in [-0.1, -0.05) is 19.4 Å². The third-order valence-electron chi connectivity index (χ3n) is 5.91. The number of pyridine rings is 1. The third kappa shape index (κ3) is 5.17. The standard InChI is InChI=1S/C20H32N4O2/c1-2-16-7-11-23(12-8-16)15-20(26)24(18-5-9-21-10-6-18)14-17-3-4-19(25)22-13-17/h3-4,13,16,18,21H,2,5-12,14-15H2,1H3,(H,22,25). The lowest BCUT2D eigenvalue weighted by Gasteiger charge is -2.37. The zero-order chi connectivity index (χ0) is 18.4. The number of rotatable bonds is 6. The minimum Gasteiger partial charge on any atom is -0.334 e. The smallest absolute Gasteiger partial charge is 0.247 e. The molecular weight excluding hydrogens is 328 g/mol. The van der Waals surface area contributed by atoms with Gasteiger partial charge in [0.25, 0.3) is 0 Å². The fraction of sp³-hybridized carbons (Fsp3) is 0.700. The zero-order valence-electron chi connectivity index (χ0n) is 15.9. The number of piperidine rings is 2. The van der Waals surface area contributed by atoms with Gasteiger partial charge >= 0.3 is 0 Å². The summed E-state index contributed by atoms with van der Waals surface area (Å²) in [6.07, 6.45) is 7.37.